The summed E-state index contributed by atoms with van der Waals surface area (Å²) >= 11 is -0.759. The molecule has 9 nitrogen and oxygen atoms in total. The summed E-state index contributed by atoms with van der Waals surface area (Å²) < 4.78 is 11.9. The van der Waals surface area contributed by atoms with Gasteiger partial charge in [0.1, 0.15) is 28.9 Å². The van der Waals surface area contributed by atoms with Crippen molar-refractivity contribution in [1.82, 2.24) is 25.3 Å². The lowest BCUT2D eigenvalue weighted by Crippen LogP contribution is -2.45. The van der Waals surface area contributed by atoms with E-state index in [1.807, 2.05) is 0 Å². The van der Waals surface area contributed by atoms with E-state index in [-0.39, 0.29) is 0 Å². The van der Waals surface area contributed by atoms with Crippen LogP contribution in [0.2, 0.25) is 0 Å². The van der Waals surface area contributed by atoms with Crippen LogP contribution >= 0.6 is 0 Å². The van der Waals surface area contributed by atoms with Gasteiger partial charge in [0.15, 0.2) is 11.6 Å². The lowest BCUT2D eigenvalue weighted by Gasteiger charge is -2.32. The van der Waals surface area contributed by atoms with Gasteiger partial charge in [-0.2, -0.15) is 4.98 Å². The Labute approximate surface area is 197 Å². The molecule has 0 spiro atoms. The fourth-order valence-electron chi connectivity index (χ4n) is 4.38. The molecule has 2 aromatic heterocycles. The standard InChI is InChI=1S/C23H30N8OS/c1-2-17-5-3-4-6-18(17)15-25-21-19-20(26-16-27-21)22(30-11-13-33(32)14-12-30)29-23(28-19)31-9-7-24-8-10-31/h3-6,16,24H,2,7-15H2,1H3,(H,25,26,27). The zero-order valence-corrected chi connectivity index (χ0v) is 19.8. The molecule has 4 heterocycles. The van der Waals surface area contributed by atoms with Crippen LogP contribution in [0, 0.1) is 0 Å². The van der Waals surface area contributed by atoms with Crippen LogP contribution in [0.15, 0.2) is 30.6 Å². The summed E-state index contributed by atoms with van der Waals surface area (Å²) in [4.78, 5) is 23.4. The van der Waals surface area contributed by atoms with Gasteiger partial charge in [0.05, 0.1) is 13.1 Å². The second-order valence-corrected chi connectivity index (χ2v) is 10.0. The molecule has 33 heavy (non-hydrogen) atoms. The number of hydrogen-bond donors (Lipinski definition) is 2. The molecule has 0 saturated carbocycles. The number of benzene rings is 1. The zero-order valence-electron chi connectivity index (χ0n) is 19.0. The van der Waals surface area contributed by atoms with Crippen molar-refractivity contribution < 1.29 is 4.55 Å². The lowest BCUT2D eigenvalue weighted by molar-refractivity contribution is 0.578. The second-order valence-electron chi connectivity index (χ2n) is 8.31. The maximum absolute atomic E-state index is 11.9. The fraction of sp³-hybridized carbons (Fsp3) is 0.478. The van der Waals surface area contributed by atoms with Gasteiger partial charge in [-0.05, 0) is 17.5 Å². The Balaban J connectivity index is 1.53. The Kier molecular flexibility index (Phi) is 6.75. The summed E-state index contributed by atoms with van der Waals surface area (Å²) in [5, 5.41) is 6.89. The number of fused-ring (bicyclic) bond motifs is 1. The van der Waals surface area contributed by atoms with Crippen molar-refractivity contribution in [3.05, 3.63) is 41.7 Å². The number of hydrogen-bond acceptors (Lipinski definition) is 9. The van der Waals surface area contributed by atoms with Crippen molar-refractivity contribution in [2.45, 2.75) is 19.9 Å². The summed E-state index contributed by atoms with van der Waals surface area (Å²) in [5.41, 5.74) is 4.04. The average Bonchev–Trinajstić information content (AvgIpc) is 2.88. The number of aromatic nitrogens is 4. The van der Waals surface area contributed by atoms with E-state index in [0.717, 1.165) is 49.5 Å². The van der Waals surface area contributed by atoms with Crippen molar-refractivity contribution in [2.24, 2.45) is 0 Å². The Morgan fingerprint density at radius 2 is 1.73 bits per heavy atom. The fourth-order valence-corrected chi connectivity index (χ4v) is 5.43. The molecular weight excluding hydrogens is 436 g/mol. The average molecular weight is 467 g/mol. The Morgan fingerprint density at radius 1 is 0.970 bits per heavy atom. The van der Waals surface area contributed by atoms with Gasteiger partial charge in [0.2, 0.25) is 5.95 Å². The van der Waals surface area contributed by atoms with Crippen LogP contribution in [0.1, 0.15) is 18.1 Å². The summed E-state index contributed by atoms with van der Waals surface area (Å²) in [5.74, 6) is 3.53. The molecule has 10 heteroatoms. The minimum Gasteiger partial charge on any atom is -0.616 e. The van der Waals surface area contributed by atoms with Crippen molar-refractivity contribution in [3.63, 3.8) is 0 Å². The van der Waals surface area contributed by atoms with Crippen molar-refractivity contribution >= 4 is 39.8 Å². The molecule has 2 saturated heterocycles. The maximum atomic E-state index is 11.9. The third-order valence-electron chi connectivity index (χ3n) is 6.27. The summed E-state index contributed by atoms with van der Waals surface area (Å²) in [7, 11) is 0. The molecule has 174 valence electrons. The van der Waals surface area contributed by atoms with Crippen LogP contribution in [0.5, 0.6) is 0 Å². The van der Waals surface area contributed by atoms with Crippen LogP contribution in [-0.2, 0) is 24.1 Å². The number of piperazine rings is 1. The highest BCUT2D eigenvalue weighted by Crippen LogP contribution is 2.29. The number of nitrogens with one attached hydrogen (secondary N) is 2. The smallest absolute Gasteiger partial charge is 0.228 e. The van der Waals surface area contributed by atoms with E-state index in [2.05, 4.69) is 61.6 Å². The molecular formula is C23H30N8OS. The van der Waals surface area contributed by atoms with Gasteiger partial charge in [-0.25, -0.2) is 15.0 Å². The van der Waals surface area contributed by atoms with Crippen LogP contribution in [0.4, 0.5) is 17.6 Å². The molecule has 2 aliphatic heterocycles. The van der Waals surface area contributed by atoms with E-state index < -0.39 is 11.2 Å². The monoisotopic (exact) mass is 466 g/mol. The minimum absolute atomic E-state index is 0.651. The molecule has 3 aromatic rings. The zero-order chi connectivity index (χ0) is 22.6. The van der Waals surface area contributed by atoms with Crippen LogP contribution in [-0.4, -0.2) is 75.3 Å². The third kappa shape index (κ3) is 4.83. The topological polar surface area (TPSA) is 105 Å². The van der Waals surface area contributed by atoms with Crippen molar-refractivity contribution in [2.75, 3.05) is 65.9 Å². The highest BCUT2D eigenvalue weighted by molar-refractivity contribution is 7.91. The van der Waals surface area contributed by atoms with Gasteiger partial charge in [0, 0.05) is 32.7 Å². The lowest BCUT2D eigenvalue weighted by atomic mass is 10.1. The van der Waals surface area contributed by atoms with E-state index in [9.17, 15) is 4.55 Å². The molecule has 2 N–H and O–H groups in total. The molecule has 0 aliphatic carbocycles. The maximum Gasteiger partial charge on any atom is 0.228 e. The molecule has 1 aromatic carbocycles. The highest BCUT2D eigenvalue weighted by Gasteiger charge is 2.26. The quantitative estimate of drug-likeness (QED) is 0.524. The van der Waals surface area contributed by atoms with E-state index in [1.165, 1.54) is 11.1 Å². The summed E-state index contributed by atoms with van der Waals surface area (Å²) in [6.45, 7) is 7.77. The third-order valence-corrected chi connectivity index (χ3v) is 7.55. The molecule has 0 radical (unpaired) electrons. The van der Waals surface area contributed by atoms with Gasteiger partial charge < -0.3 is 25.0 Å². The van der Waals surface area contributed by atoms with Gasteiger partial charge in [-0.15, -0.1) is 0 Å². The molecule has 0 bridgehead atoms. The predicted octanol–water partition coefficient (Wildman–Crippen LogP) is 1.57. The van der Waals surface area contributed by atoms with E-state index in [1.54, 1.807) is 6.33 Å². The SMILES string of the molecule is CCc1ccccc1CNc1ncnc2c(N3CC[S+]([O-])CC3)nc(N3CCNCC3)nc12. The first-order chi connectivity index (χ1) is 16.2. The summed E-state index contributed by atoms with van der Waals surface area (Å²) in [6.07, 6.45) is 2.56. The van der Waals surface area contributed by atoms with Gasteiger partial charge in [-0.3, -0.25) is 0 Å². The number of anilines is 3. The Bertz CT molecular complexity index is 1100. The molecule has 0 amide bonds. The molecule has 0 unspecified atom stereocenters. The predicted molar refractivity (Wildman–Crippen MR) is 133 cm³/mol. The summed E-state index contributed by atoms with van der Waals surface area (Å²) in [6, 6.07) is 8.46. The Hall–Kier alpha value is -2.69. The van der Waals surface area contributed by atoms with Crippen LogP contribution in [0.25, 0.3) is 11.0 Å². The number of rotatable bonds is 6. The van der Waals surface area contributed by atoms with E-state index in [0.29, 0.717) is 42.9 Å². The van der Waals surface area contributed by atoms with Crippen molar-refractivity contribution in [1.29, 1.82) is 0 Å². The minimum atomic E-state index is -0.759. The van der Waals surface area contributed by atoms with E-state index in [4.69, 9.17) is 9.97 Å². The van der Waals surface area contributed by atoms with Gasteiger partial charge in [0.25, 0.3) is 0 Å². The van der Waals surface area contributed by atoms with Crippen LogP contribution < -0.4 is 20.4 Å². The van der Waals surface area contributed by atoms with E-state index >= 15 is 0 Å². The molecule has 5 rings (SSSR count). The normalized spacial score (nSPS) is 17.5. The number of nitrogens with zero attached hydrogens (tertiary/aromatic N) is 6. The number of aryl methyl sites for hydroxylation is 1. The van der Waals surface area contributed by atoms with Crippen LogP contribution in [0.3, 0.4) is 0 Å². The highest BCUT2D eigenvalue weighted by atomic mass is 32.2. The second kappa shape index (κ2) is 10.1. The largest absolute Gasteiger partial charge is 0.616 e. The van der Waals surface area contributed by atoms with Gasteiger partial charge in [-0.1, -0.05) is 42.4 Å². The first-order valence-electron chi connectivity index (χ1n) is 11.6. The van der Waals surface area contributed by atoms with Gasteiger partial charge >= 0.3 is 0 Å². The Morgan fingerprint density at radius 3 is 2.48 bits per heavy atom. The molecule has 2 aliphatic rings. The molecule has 0 atom stereocenters. The molecule has 2 fully saturated rings. The first kappa shape index (κ1) is 22.1. The first-order valence-corrected chi connectivity index (χ1v) is 13.1. The van der Waals surface area contributed by atoms with Crippen molar-refractivity contribution in [3.8, 4) is 0 Å².